The molecule has 0 saturated heterocycles. The van der Waals surface area contributed by atoms with Gasteiger partial charge in [0.05, 0.1) is 12.8 Å². The van der Waals surface area contributed by atoms with E-state index in [0.717, 1.165) is 23.1 Å². The monoisotopic (exact) mass is 235 g/mol. The van der Waals surface area contributed by atoms with E-state index in [0.29, 0.717) is 5.75 Å². The molecule has 1 aliphatic rings. The third-order valence-corrected chi connectivity index (χ3v) is 2.77. The maximum absolute atomic E-state index is 11.4. The van der Waals surface area contributed by atoms with E-state index in [9.17, 15) is 9.59 Å². The second-order valence-corrected chi connectivity index (χ2v) is 3.78. The summed E-state index contributed by atoms with van der Waals surface area (Å²) >= 11 is 0. The van der Waals surface area contributed by atoms with Crippen LogP contribution in [0.25, 0.3) is 0 Å². The van der Waals surface area contributed by atoms with Crippen LogP contribution in [0.5, 0.6) is 5.75 Å². The molecule has 1 aliphatic heterocycles. The van der Waals surface area contributed by atoms with Crippen molar-refractivity contribution in [3.8, 4) is 5.75 Å². The van der Waals surface area contributed by atoms with Crippen LogP contribution in [-0.4, -0.2) is 26.5 Å². The number of benzene rings is 1. The highest BCUT2D eigenvalue weighted by Crippen LogP contribution is 2.32. The van der Waals surface area contributed by atoms with Gasteiger partial charge in [-0.25, -0.2) is 4.79 Å². The zero-order valence-corrected chi connectivity index (χ0v) is 9.73. The fourth-order valence-corrected chi connectivity index (χ4v) is 1.86. The van der Waals surface area contributed by atoms with Gasteiger partial charge >= 0.3 is 6.09 Å². The summed E-state index contributed by atoms with van der Waals surface area (Å²) in [6, 6.07) is 3.60. The summed E-state index contributed by atoms with van der Waals surface area (Å²) in [5.74, 6) is 0.641. The van der Waals surface area contributed by atoms with Gasteiger partial charge in [-0.15, -0.1) is 0 Å². The number of rotatable bonds is 3. The highest BCUT2D eigenvalue weighted by atomic mass is 16.6. The highest BCUT2D eigenvalue weighted by Gasteiger charge is 2.24. The number of cyclic esters (lactones) is 1. The van der Waals surface area contributed by atoms with Crippen molar-refractivity contribution in [3.05, 3.63) is 23.3 Å². The van der Waals surface area contributed by atoms with Gasteiger partial charge in [0.2, 0.25) is 0 Å². The van der Waals surface area contributed by atoms with Crippen molar-refractivity contribution >= 4 is 18.1 Å². The van der Waals surface area contributed by atoms with Crippen molar-refractivity contribution < 1.29 is 19.1 Å². The first-order chi connectivity index (χ1) is 8.17. The topological polar surface area (TPSA) is 55.8 Å². The van der Waals surface area contributed by atoms with Gasteiger partial charge in [0.1, 0.15) is 18.6 Å². The van der Waals surface area contributed by atoms with Crippen molar-refractivity contribution in [3.63, 3.8) is 0 Å². The third-order valence-electron chi connectivity index (χ3n) is 2.77. The van der Waals surface area contributed by atoms with Crippen molar-refractivity contribution in [1.29, 1.82) is 0 Å². The molecule has 0 aliphatic carbocycles. The summed E-state index contributed by atoms with van der Waals surface area (Å²) < 4.78 is 10.2. The summed E-state index contributed by atoms with van der Waals surface area (Å²) in [7, 11) is 3.19. The van der Waals surface area contributed by atoms with Crippen molar-refractivity contribution in [2.45, 2.75) is 13.0 Å². The average Bonchev–Trinajstić information content (AvgIpc) is 2.34. The second-order valence-electron chi connectivity index (χ2n) is 3.78. The average molecular weight is 235 g/mol. The minimum absolute atomic E-state index is 0.232. The molecule has 5 heteroatoms. The van der Waals surface area contributed by atoms with Gasteiger partial charge in [-0.1, -0.05) is 0 Å². The Hall–Kier alpha value is -2.04. The van der Waals surface area contributed by atoms with Crippen LogP contribution < -0.4 is 9.64 Å². The number of hydrogen-bond acceptors (Lipinski definition) is 4. The molecule has 1 heterocycles. The molecular formula is C12H13NO4. The molecule has 2 rings (SSSR count). The maximum Gasteiger partial charge on any atom is 0.414 e. The Kier molecular flexibility index (Phi) is 2.99. The fourth-order valence-electron chi connectivity index (χ4n) is 1.86. The smallest absolute Gasteiger partial charge is 0.414 e. The molecule has 0 fully saturated rings. The van der Waals surface area contributed by atoms with Gasteiger partial charge in [-0.3, -0.25) is 4.90 Å². The molecule has 0 saturated carbocycles. The maximum atomic E-state index is 11.4. The largest absolute Gasteiger partial charge is 0.496 e. The molecule has 0 atom stereocenters. The molecule has 1 aromatic rings. The van der Waals surface area contributed by atoms with Crippen LogP contribution in [-0.2, 0) is 22.6 Å². The lowest BCUT2D eigenvalue weighted by molar-refractivity contribution is -0.107. The van der Waals surface area contributed by atoms with Crippen LogP contribution in [0, 0.1) is 0 Å². The molecule has 1 amide bonds. The molecule has 5 nitrogen and oxygen atoms in total. The Balaban J connectivity index is 2.50. The quantitative estimate of drug-likeness (QED) is 0.745. The second kappa shape index (κ2) is 4.45. The van der Waals surface area contributed by atoms with E-state index in [1.807, 2.05) is 0 Å². The molecule has 17 heavy (non-hydrogen) atoms. The van der Waals surface area contributed by atoms with Gasteiger partial charge < -0.3 is 14.3 Å². The van der Waals surface area contributed by atoms with E-state index in [1.165, 1.54) is 4.90 Å². The number of aldehydes is 1. The first-order valence-corrected chi connectivity index (χ1v) is 5.21. The highest BCUT2D eigenvalue weighted by molar-refractivity contribution is 5.90. The number of nitrogens with zero attached hydrogens (tertiary/aromatic N) is 1. The number of anilines is 1. The Morgan fingerprint density at radius 2 is 2.29 bits per heavy atom. The Labute approximate surface area is 98.9 Å². The predicted octanol–water partition coefficient (Wildman–Crippen LogP) is 1.52. The molecule has 0 aromatic heterocycles. The number of amides is 1. The Bertz CT molecular complexity index is 470. The minimum Gasteiger partial charge on any atom is -0.496 e. The van der Waals surface area contributed by atoms with Crippen LogP contribution >= 0.6 is 0 Å². The normalized spacial score (nSPS) is 14.0. The first kappa shape index (κ1) is 11.4. The van der Waals surface area contributed by atoms with Crippen molar-refractivity contribution in [1.82, 2.24) is 0 Å². The van der Waals surface area contributed by atoms with Crippen LogP contribution in [0.1, 0.15) is 11.1 Å². The zero-order chi connectivity index (χ0) is 12.4. The summed E-state index contributed by atoms with van der Waals surface area (Å²) in [6.07, 6.45) is 0.685. The fraction of sp³-hybridized carbons (Fsp3) is 0.333. The van der Waals surface area contributed by atoms with E-state index >= 15 is 0 Å². The Morgan fingerprint density at radius 1 is 1.53 bits per heavy atom. The van der Waals surface area contributed by atoms with Gasteiger partial charge in [0, 0.05) is 24.6 Å². The van der Waals surface area contributed by atoms with Crippen LogP contribution in [0.3, 0.4) is 0 Å². The molecular weight excluding hydrogens is 222 g/mol. The third kappa shape index (κ3) is 1.95. The van der Waals surface area contributed by atoms with Gasteiger partial charge in [0.15, 0.2) is 0 Å². The predicted molar refractivity (Wildman–Crippen MR) is 61.4 cm³/mol. The molecule has 1 aromatic carbocycles. The molecule has 0 radical (unpaired) electrons. The van der Waals surface area contributed by atoms with E-state index in [1.54, 1.807) is 26.3 Å². The SMILES string of the molecule is COc1cc2c(cc1CC=O)N(C)C(=O)OC2. The lowest BCUT2D eigenvalue weighted by atomic mass is 10.0. The van der Waals surface area contributed by atoms with Crippen molar-refractivity contribution in [2.75, 3.05) is 19.1 Å². The molecule has 0 unspecified atom stereocenters. The van der Waals surface area contributed by atoms with Gasteiger partial charge in [-0.05, 0) is 12.1 Å². The molecule has 90 valence electrons. The van der Waals surface area contributed by atoms with Crippen LogP contribution in [0.15, 0.2) is 12.1 Å². The lowest BCUT2D eigenvalue weighted by Gasteiger charge is -2.26. The number of hydrogen-bond donors (Lipinski definition) is 0. The number of carbonyl (C=O) groups is 2. The number of carbonyl (C=O) groups excluding carboxylic acids is 2. The standard InChI is InChI=1S/C12H13NO4/c1-13-10-5-8(3-4-14)11(16-2)6-9(10)7-17-12(13)15/h4-6H,3,7H2,1-2H3. The van der Waals surface area contributed by atoms with Gasteiger partial charge in [-0.2, -0.15) is 0 Å². The van der Waals surface area contributed by atoms with Crippen LogP contribution in [0.2, 0.25) is 0 Å². The van der Waals surface area contributed by atoms with E-state index in [2.05, 4.69) is 0 Å². The minimum atomic E-state index is -0.389. The van der Waals surface area contributed by atoms with Crippen molar-refractivity contribution in [2.24, 2.45) is 0 Å². The molecule has 0 bridgehead atoms. The number of methoxy groups -OCH3 is 1. The summed E-state index contributed by atoms with van der Waals surface area (Å²) in [6.45, 7) is 0.232. The lowest BCUT2D eigenvalue weighted by Crippen LogP contribution is -2.32. The van der Waals surface area contributed by atoms with E-state index in [4.69, 9.17) is 9.47 Å². The molecule has 0 spiro atoms. The van der Waals surface area contributed by atoms with E-state index in [-0.39, 0.29) is 19.1 Å². The summed E-state index contributed by atoms with van der Waals surface area (Å²) in [5.41, 5.74) is 2.40. The Morgan fingerprint density at radius 3 is 2.94 bits per heavy atom. The summed E-state index contributed by atoms with van der Waals surface area (Å²) in [4.78, 5) is 23.4. The summed E-state index contributed by atoms with van der Waals surface area (Å²) in [5, 5.41) is 0. The van der Waals surface area contributed by atoms with E-state index < -0.39 is 0 Å². The van der Waals surface area contributed by atoms with Gasteiger partial charge in [0.25, 0.3) is 0 Å². The molecule has 0 N–H and O–H groups in total. The number of fused-ring (bicyclic) bond motifs is 1. The number of ether oxygens (including phenoxy) is 2. The van der Waals surface area contributed by atoms with Crippen LogP contribution in [0.4, 0.5) is 10.5 Å². The first-order valence-electron chi connectivity index (χ1n) is 5.21. The zero-order valence-electron chi connectivity index (χ0n) is 9.73.